The van der Waals surface area contributed by atoms with Crippen LogP contribution in [0.5, 0.6) is 0 Å². The molecule has 0 rings (SSSR count). The Morgan fingerprint density at radius 3 is 0.818 bits per heavy atom. The summed E-state index contributed by atoms with van der Waals surface area (Å²) >= 11 is 0. The number of aliphatic hydroxyl groups is 2. The van der Waals surface area contributed by atoms with Gasteiger partial charge in [-0.05, 0) is 12.8 Å². The van der Waals surface area contributed by atoms with Crippen molar-refractivity contribution in [2.75, 3.05) is 6.61 Å². The van der Waals surface area contributed by atoms with E-state index in [1.165, 1.54) is 250 Å². The normalized spacial score (nSPS) is 12.7. The van der Waals surface area contributed by atoms with Gasteiger partial charge in [0, 0.05) is 6.42 Å². The number of amides is 1. The summed E-state index contributed by atoms with van der Waals surface area (Å²) < 4.78 is 0. The quantitative estimate of drug-likeness (QED) is 0.0539. The Bertz CT molecular complexity index is 714. The predicted molar refractivity (Wildman–Crippen MR) is 244 cm³/mol. The number of hydrogen-bond donors (Lipinski definition) is 3. The van der Waals surface area contributed by atoms with Gasteiger partial charge in [-0.15, -0.1) is 0 Å². The number of unbranched alkanes of at least 4 members (excludes halogenated alkanes) is 41. The Labute approximate surface area is 346 Å². The van der Waals surface area contributed by atoms with E-state index in [4.69, 9.17) is 0 Å². The Balaban J connectivity index is 3.42. The minimum absolute atomic E-state index is 0.0231. The predicted octanol–water partition coefficient (Wildman–Crippen LogP) is 16.4. The molecular weight excluding hydrogens is 675 g/mol. The molecule has 0 bridgehead atoms. The highest BCUT2D eigenvalue weighted by molar-refractivity contribution is 5.76. The maximum Gasteiger partial charge on any atom is 0.220 e. The third kappa shape index (κ3) is 44.3. The molecule has 0 aliphatic carbocycles. The van der Waals surface area contributed by atoms with Gasteiger partial charge >= 0.3 is 0 Å². The molecule has 0 saturated heterocycles. The highest BCUT2D eigenvalue weighted by Crippen LogP contribution is 2.18. The number of carbonyl (C=O) groups excluding carboxylic acids is 1. The molecule has 0 aliphatic heterocycles. The molecule has 0 fully saturated rings. The first kappa shape index (κ1) is 54.4. The first-order chi connectivity index (χ1) is 27.2. The summed E-state index contributed by atoms with van der Waals surface area (Å²) in [7, 11) is 0. The van der Waals surface area contributed by atoms with Gasteiger partial charge in [0.05, 0.1) is 18.8 Å². The summed E-state index contributed by atoms with van der Waals surface area (Å²) in [6.45, 7) is 4.40. The van der Waals surface area contributed by atoms with Crippen LogP contribution in [0.3, 0.4) is 0 Å². The van der Waals surface area contributed by atoms with E-state index in [-0.39, 0.29) is 12.5 Å². The van der Waals surface area contributed by atoms with E-state index in [9.17, 15) is 15.0 Å². The van der Waals surface area contributed by atoms with Gasteiger partial charge in [-0.25, -0.2) is 0 Å². The standard InChI is InChI=1S/C51H103NO3/c1-3-5-7-9-11-13-15-17-19-21-23-24-25-26-27-29-31-33-35-37-39-41-43-45-47-51(55)52-49(48-53)50(54)46-44-42-40-38-36-34-32-30-28-22-20-18-16-14-12-10-8-6-4-2/h49-50,53-54H,3-48H2,1-2H3,(H,52,55). The molecular formula is C51H103NO3. The van der Waals surface area contributed by atoms with Gasteiger partial charge < -0.3 is 15.5 Å². The second kappa shape index (κ2) is 47.8. The number of hydrogen-bond acceptors (Lipinski definition) is 3. The van der Waals surface area contributed by atoms with E-state index in [0.29, 0.717) is 12.8 Å². The lowest BCUT2D eigenvalue weighted by atomic mass is 10.0. The Morgan fingerprint density at radius 2 is 0.582 bits per heavy atom. The third-order valence-electron chi connectivity index (χ3n) is 12.4. The van der Waals surface area contributed by atoms with Crippen LogP contribution in [0.4, 0.5) is 0 Å². The fourth-order valence-corrected chi connectivity index (χ4v) is 8.42. The summed E-state index contributed by atoms with van der Waals surface area (Å²) in [5.41, 5.74) is 0. The minimum atomic E-state index is -0.654. The van der Waals surface area contributed by atoms with Crippen molar-refractivity contribution >= 4 is 5.91 Å². The summed E-state index contributed by atoms with van der Waals surface area (Å²) in [4.78, 5) is 12.5. The molecule has 0 heterocycles. The van der Waals surface area contributed by atoms with Gasteiger partial charge in [-0.3, -0.25) is 4.79 Å². The number of nitrogens with one attached hydrogen (secondary N) is 1. The second-order valence-corrected chi connectivity index (χ2v) is 18.0. The fourth-order valence-electron chi connectivity index (χ4n) is 8.42. The van der Waals surface area contributed by atoms with Crippen LogP contribution < -0.4 is 5.32 Å². The van der Waals surface area contributed by atoms with E-state index in [1.807, 2.05) is 0 Å². The van der Waals surface area contributed by atoms with Crippen LogP contribution in [-0.2, 0) is 4.79 Å². The zero-order valence-electron chi connectivity index (χ0n) is 38.0. The molecule has 0 radical (unpaired) electrons. The van der Waals surface area contributed by atoms with Crippen molar-refractivity contribution in [1.82, 2.24) is 5.32 Å². The molecule has 3 N–H and O–H groups in total. The molecule has 4 nitrogen and oxygen atoms in total. The Kier molecular flexibility index (Phi) is 47.2. The van der Waals surface area contributed by atoms with E-state index in [0.717, 1.165) is 25.7 Å². The second-order valence-electron chi connectivity index (χ2n) is 18.0. The van der Waals surface area contributed by atoms with Crippen molar-refractivity contribution in [1.29, 1.82) is 0 Å². The topological polar surface area (TPSA) is 69.6 Å². The molecule has 330 valence electrons. The van der Waals surface area contributed by atoms with Crippen LogP contribution in [0.25, 0.3) is 0 Å². The van der Waals surface area contributed by atoms with Gasteiger partial charge in [-0.2, -0.15) is 0 Å². The maximum absolute atomic E-state index is 12.5. The van der Waals surface area contributed by atoms with Crippen molar-refractivity contribution in [3.63, 3.8) is 0 Å². The van der Waals surface area contributed by atoms with Crippen molar-refractivity contribution in [3.8, 4) is 0 Å². The lowest BCUT2D eigenvalue weighted by molar-refractivity contribution is -0.123. The van der Waals surface area contributed by atoms with Gasteiger partial charge in [0.2, 0.25) is 5.91 Å². The average Bonchev–Trinajstić information content (AvgIpc) is 3.19. The Hall–Kier alpha value is -0.610. The third-order valence-corrected chi connectivity index (χ3v) is 12.4. The average molecular weight is 778 g/mol. The van der Waals surface area contributed by atoms with Gasteiger partial charge in [0.15, 0.2) is 0 Å². The summed E-state index contributed by atoms with van der Waals surface area (Å²) in [5, 5.41) is 23.3. The van der Waals surface area contributed by atoms with Crippen molar-refractivity contribution in [2.24, 2.45) is 0 Å². The van der Waals surface area contributed by atoms with E-state index >= 15 is 0 Å². The first-order valence-electron chi connectivity index (χ1n) is 25.7. The molecule has 2 atom stereocenters. The molecule has 55 heavy (non-hydrogen) atoms. The zero-order chi connectivity index (χ0) is 40.0. The highest BCUT2D eigenvalue weighted by atomic mass is 16.3. The SMILES string of the molecule is CCCCCCCCCCCCCCCCCCCCCCCCCCC(=O)NC(CO)C(O)CCCCCCCCCCCCCCCCCCCCC. The number of aliphatic hydroxyl groups excluding tert-OH is 2. The van der Waals surface area contributed by atoms with Gasteiger partial charge in [-0.1, -0.05) is 284 Å². The largest absolute Gasteiger partial charge is 0.394 e. The van der Waals surface area contributed by atoms with Crippen LogP contribution in [0.15, 0.2) is 0 Å². The number of carbonyl (C=O) groups is 1. The summed E-state index contributed by atoms with van der Waals surface area (Å²) in [6, 6.07) is -0.530. The summed E-state index contributed by atoms with van der Waals surface area (Å²) in [5.74, 6) is -0.0231. The molecule has 0 spiro atoms. The van der Waals surface area contributed by atoms with E-state index < -0.39 is 12.1 Å². The van der Waals surface area contributed by atoms with Crippen LogP contribution in [-0.4, -0.2) is 34.9 Å². The van der Waals surface area contributed by atoms with E-state index in [1.54, 1.807) is 0 Å². The minimum Gasteiger partial charge on any atom is -0.394 e. The molecule has 2 unspecified atom stereocenters. The van der Waals surface area contributed by atoms with Gasteiger partial charge in [0.1, 0.15) is 0 Å². The van der Waals surface area contributed by atoms with Crippen LogP contribution in [0.2, 0.25) is 0 Å². The maximum atomic E-state index is 12.5. The molecule has 0 aromatic carbocycles. The van der Waals surface area contributed by atoms with Crippen molar-refractivity contribution in [3.05, 3.63) is 0 Å². The molecule has 0 aromatic rings. The van der Waals surface area contributed by atoms with Crippen LogP contribution in [0, 0.1) is 0 Å². The zero-order valence-corrected chi connectivity index (χ0v) is 38.0. The van der Waals surface area contributed by atoms with Crippen molar-refractivity contribution in [2.45, 2.75) is 315 Å². The summed E-state index contributed by atoms with van der Waals surface area (Å²) in [6.07, 6.45) is 59.2. The lowest BCUT2D eigenvalue weighted by Crippen LogP contribution is -2.45. The van der Waals surface area contributed by atoms with Crippen molar-refractivity contribution < 1.29 is 15.0 Å². The van der Waals surface area contributed by atoms with Gasteiger partial charge in [0.25, 0.3) is 0 Å². The molecule has 0 aliphatic rings. The molecule has 4 heteroatoms. The first-order valence-corrected chi connectivity index (χ1v) is 25.7. The number of rotatable bonds is 48. The van der Waals surface area contributed by atoms with Crippen LogP contribution >= 0.6 is 0 Å². The molecule has 0 saturated carbocycles. The Morgan fingerprint density at radius 1 is 0.364 bits per heavy atom. The fraction of sp³-hybridized carbons (Fsp3) is 0.980. The molecule has 1 amide bonds. The lowest BCUT2D eigenvalue weighted by Gasteiger charge is -2.22. The monoisotopic (exact) mass is 778 g/mol. The van der Waals surface area contributed by atoms with Crippen LogP contribution in [0.1, 0.15) is 303 Å². The smallest absolute Gasteiger partial charge is 0.220 e. The van der Waals surface area contributed by atoms with E-state index in [2.05, 4.69) is 19.2 Å². The highest BCUT2D eigenvalue weighted by Gasteiger charge is 2.20. The molecule has 0 aromatic heterocycles.